The van der Waals surface area contributed by atoms with Gasteiger partial charge in [-0.1, -0.05) is 17.7 Å². The van der Waals surface area contributed by atoms with E-state index < -0.39 is 0 Å². The van der Waals surface area contributed by atoms with E-state index in [1.54, 1.807) is 6.07 Å². The van der Waals surface area contributed by atoms with E-state index >= 15 is 0 Å². The van der Waals surface area contributed by atoms with Crippen LogP contribution < -0.4 is 4.74 Å². The van der Waals surface area contributed by atoms with Crippen LogP contribution in [0.4, 0.5) is 0 Å². The van der Waals surface area contributed by atoms with Crippen LogP contribution in [0, 0.1) is 6.92 Å². The average Bonchev–Trinajstić information content (AvgIpc) is 2.76. The number of hydrogen-bond acceptors (Lipinski definition) is 3. The molecule has 5 heteroatoms. The highest BCUT2D eigenvalue weighted by Gasteiger charge is 2.13. The van der Waals surface area contributed by atoms with Crippen LogP contribution >= 0.6 is 38.9 Å². The van der Waals surface area contributed by atoms with Gasteiger partial charge in [-0.15, -0.1) is 11.3 Å². The van der Waals surface area contributed by atoms with Crippen molar-refractivity contribution >= 4 is 44.7 Å². The summed E-state index contributed by atoms with van der Waals surface area (Å²) in [6.07, 6.45) is 0. The molecule has 0 aliphatic heterocycles. The topological polar surface area (TPSA) is 26.3 Å². The molecule has 0 aliphatic rings. The minimum absolute atomic E-state index is 0.0116. The molecule has 2 aromatic rings. The zero-order valence-corrected chi connectivity index (χ0v) is 12.7. The molecule has 18 heavy (non-hydrogen) atoms. The fraction of sp³-hybridized carbons (Fsp3) is 0.154. The highest BCUT2D eigenvalue weighted by Crippen LogP contribution is 2.27. The summed E-state index contributed by atoms with van der Waals surface area (Å²) < 4.78 is 6.26. The Morgan fingerprint density at radius 2 is 2.22 bits per heavy atom. The molecule has 0 fully saturated rings. The standard InChI is InChI=1S/C13H10BrClO2S/c1-8-2-3-10(15)12(6-8)17-7-11(16)13-9(14)4-5-18-13/h2-6H,7H2,1H3. The molecule has 0 bridgehead atoms. The molecule has 0 unspecified atom stereocenters. The third-order valence-electron chi connectivity index (χ3n) is 2.32. The van der Waals surface area contributed by atoms with Gasteiger partial charge in [0.2, 0.25) is 5.78 Å². The van der Waals surface area contributed by atoms with Gasteiger partial charge in [0, 0.05) is 4.47 Å². The Morgan fingerprint density at radius 3 is 2.89 bits per heavy atom. The minimum Gasteiger partial charge on any atom is -0.484 e. The highest BCUT2D eigenvalue weighted by atomic mass is 79.9. The molecule has 94 valence electrons. The van der Waals surface area contributed by atoms with Crippen molar-refractivity contribution in [2.45, 2.75) is 6.92 Å². The van der Waals surface area contributed by atoms with E-state index in [1.807, 2.05) is 30.5 Å². The number of carbonyl (C=O) groups is 1. The summed E-state index contributed by atoms with van der Waals surface area (Å²) in [7, 11) is 0. The average molecular weight is 346 g/mol. The van der Waals surface area contributed by atoms with Gasteiger partial charge in [-0.3, -0.25) is 4.79 Å². The fourth-order valence-electron chi connectivity index (χ4n) is 1.42. The second kappa shape index (κ2) is 5.87. The smallest absolute Gasteiger partial charge is 0.211 e. The number of rotatable bonds is 4. The van der Waals surface area contributed by atoms with Crippen molar-refractivity contribution in [3.63, 3.8) is 0 Å². The molecule has 0 saturated heterocycles. The number of hydrogen-bond donors (Lipinski definition) is 0. The maximum atomic E-state index is 11.9. The van der Waals surface area contributed by atoms with Crippen molar-refractivity contribution in [3.05, 3.63) is 49.6 Å². The van der Waals surface area contributed by atoms with Gasteiger partial charge in [-0.25, -0.2) is 0 Å². The zero-order chi connectivity index (χ0) is 13.1. The Kier molecular flexibility index (Phi) is 4.43. The number of ether oxygens (including phenoxy) is 1. The first-order valence-electron chi connectivity index (χ1n) is 5.23. The van der Waals surface area contributed by atoms with E-state index in [9.17, 15) is 4.79 Å². The molecule has 1 aromatic heterocycles. The molecular formula is C13H10BrClO2S. The Labute approximate surface area is 123 Å². The van der Waals surface area contributed by atoms with Gasteiger partial charge in [0.15, 0.2) is 6.61 Å². The van der Waals surface area contributed by atoms with Gasteiger partial charge < -0.3 is 4.74 Å². The first-order valence-corrected chi connectivity index (χ1v) is 7.28. The van der Waals surface area contributed by atoms with Gasteiger partial charge in [-0.05, 0) is 52.0 Å². The molecule has 0 amide bonds. The van der Waals surface area contributed by atoms with Gasteiger partial charge in [0.05, 0.1) is 9.90 Å². The largest absolute Gasteiger partial charge is 0.484 e. The summed E-state index contributed by atoms with van der Waals surface area (Å²) in [6.45, 7) is 1.93. The number of ketones is 1. The number of aryl methyl sites for hydroxylation is 1. The van der Waals surface area contributed by atoms with E-state index in [2.05, 4.69) is 15.9 Å². The highest BCUT2D eigenvalue weighted by molar-refractivity contribution is 9.10. The molecule has 0 aliphatic carbocycles. The normalized spacial score (nSPS) is 10.4. The lowest BCUT2D eigenvalue weighted by molar-refractivity contribution is 0.0925. The van der Waals surface area contributed by atoms with E-state index in [0.29, 0.717) is 15.6 Å². The number of benzene rings is 1. The molecular weight excluding hydrogens is 336 g/mol. The first kappa shape index (κ1) is 13.6. The lowest BCUT2D eigenvalue weighted by Gasteiger charge is -2.07. The van der Waals surface area contributed by atoms with Crippen molar-refractivity contribution in [1.82, 2.24) is 0 Å². The number of thiophene rings is 1. The Morgan fingerprint density at radius 1 is 1.44 bits per heavy atom. The predicted molar refractivity (Wildman–Crippen MR) is 78.0 cm³/mol. The summed E-state index contributed by atoms with van der Waals surface area (Å²) in [5, 5.41) is 2.37. The van der Waals surface area contributed by atoms with E-state index in [4.69, 9.17) is 16.3 Å². The van der Waals surface area contributed by atoms with Crippen molar-refractivity contribution in [2.24, 2.45) is 0 Å². The van der Waals surface area contributed by atoms with Crippen LogP contribution in [-0.2, 0) is 0 Å². The van der Waals surface area contributed by atoms with Gasteiger partial charge in [-0.2, -0.15) is 0 Å². The monoisotopic (exact) mass is 344 g/mol. The van der Waals surface area contributed by atoms with Crippen LogP contribution in [0.2, 0.25) is 5.02 Å². The van der Waals surface area contributed by atoms with Crippen LogP contribution in [0.1, 0.15) is 15.2 Å². The van der Waals surface area contributed by atoms with Crippen LogP contribution in [0.25, 0.3) is 0 Å². The second-order valence-corrected chi connectivity index (χ2v) is 5.92. The Bertz CT molecular complexity index is 580. The SMILES string of the molecule is Cc1ccc(Cl)c(OCC(=O)c2sccc2Br)c1. The molecule has 0 saturated carbocycles. The van der Waals surface area contributed by atoms with E-state index in [0.717, 1.165) is 10.0 Å². The zero-order valence-electron chi connectivity index (χ0n) is 9.57. The third kappa shape index (κ3) is 3.13. The van der Waals surface area contributed by atoms with Gasteiger partial charge >= 0.3 is 0 Å². The molecule has 2 nitrogen and oxygen atoms in total. The molecule has 1 aromatic carbocycles. The maximum absolute atomic E-state index is 11.9. The summed E-state index contributed by atoms with van der Waals surface area (Å²) in [5.41, 5.74) is 1.04. The first-order chi connectivity index (χ1) is 8.58. The summed E-state index contributed by atoms with van der Waals surface area (Å²) in [6, 6.07) is 7.32. The van der Waals surface area contributed by atoms with E-state index in [-0.39, 0.29) is 12.4 Å². The Hall–Kier alpha value is -0.840. The van der Waals surface area contributed by atoms with Gasteiger partial charge in [0.1, 0.15) is 5.75 Å². The second-order valence-electron chi connectivity index (χ2n) is 3.74. The third-order valence-corrected chi connectivity index (χ3v) is 4.51. The molecule has 0 N–H and O–H groups in total. The maximum Gasteiger partial charge on any atom is 0.211 e. The minimum atomic E-state index is -0.0607. The Balaban J connectivity index is 2.06. The quantitative estimate of drug-likeness (QED) is 0.749. The molecule has 0 radical (unpaired) electrons. The van der Waals surface area contributed by atoms with Crippen molar-refractivity contribution in [1.29, 1.82) is 0 Å². The van der Waals surface area contributed by atoms with Crippen molar-refractivity contribution in [3.8, 4) is 5.75 Å². The summed E-state index contributed by atoms with van der Waals surface area (Å²) in [4.78, 5) is 12.6. The number of carbonyl (C=O) groups excluding carboxylic acids is 1. The fourth-order valence-corrected chi connectivity index (χ4v) is 3.11. The molecule has 0 spiro atoms. The lowest BCUT2D eigenvalue weighted by Crippen LogP contribution is -2.10. The van der Waals surface area contributed by atoms with Crippen LogP contribution in [0.15, 0.2) is 34.1 Å². The van der Waals surface area contributed by atoms with Crippen LogP contribution in [-0.4, -0.2) is 12.4 Å². The number of Topliss-reactive ketones (excluding diaryl/α,β-unsaturated/α-hetero) is 1. The van der Waals surface area contributed by atoms with Crippen LogP contribution in [0.3, 0.4) is 0 Å². The lowest BCUT2D eigenvalue weighted by atomic mass is 10.2. The number of halogens is 2. The van der Waals surface area contributed by atoms with Crippen LogP contribution in [0.5, 0.6) is 5.75 Å². The van der Waals surface area contributed by atoms with Crippen molar-refractivity contribution < 1.29 is 9.53 Å². The van der Waals surface area contributed by atoms with Crippen molar-refractivity contribution in [2.75, 3.05) is 6.61 Å². The predicted octanol–water partition coefficient (Wildman–Crippen LogP) is 4.73. The molecule has 1 heterocycles. The summed E-state index contributed by atoms with van der Waals surface area (Å²) >= 11 is 10.7. The van der Waals surface area contributed by atoms with E-state index in [1.165, 1.54) is 11.3 Å². The van der Waals surface area contributed by atoms with Gasteiger partial charge in [0.25, 0.3) is 0 Å². The summed E-state index contributed by atoms with van der Waals surface area (Å²) in [5.74, 6) is 0.479. The molecule has 2 rings (SSSR count). The molecule has 0 atom stereocenters.